The Morgan fingerprint density at radius 1 is 1.02 bits per heavy atom. The third-order valence-corrected chi connectivity index (χ3v) is 10.3. The van der Waals surface area contributed by atoms with Crippen LogP contribution >= 0.6 is 23.4 Å². The second kappa shape index (κ2) is 15.2. The summed E-state index contributed by atoms with van der Waals surface area (Å²) in [4.78, 5) is 14.4. The van der Waals surface area contributed by atoms with E-state index in [2.05, 4.69) is 5.10 Å². The van der Waals surface area contributed by atoms with Crippen LogP contribution in [0.4, 0.5) is 4.39 Å². The van der Waals surface area contributed by atoms with E-state index in [1.807, 2.05) is 74.1 Å². The first kappa shape index (κ1) is 35.3. The van der Waals surface area contributed by atoms with Crippen molar-refractivity contribution in [3.8, 4) is 22.6 Å². The first-order valence-electron chi connectivity index (χ1n) is 16.4. The molecule has 0 aliphatic rings. The molecule has 0 fully saturated rings. The van der Waals surface area contributed by atoms with Gasteiger partial charge in [0.2, 0.25) is 0 Å². The van der Waals surface area contributed by atoms with Gasteiger partial charge in [-0.25, -0.2) is 9.18 Å². The number of fused-ring (bicyclic) bond motifs is 2. The van der Waals surface area contributed by atoms with E-state index in [0.29, 0.717) is 47.2 Å². The molecule has 8 nitrogen and oxygen atoms in total. The van der Waals surface area contributed by atoms with Crippen molar-refractivity contribution in [2.45, 2.75) is 43.9 Å². The van der Waals surface area contributed by atoms with Crippen molar-refractivity contribution in [1.82, 2.24) is 14.3 Å². The number of carbonyl (C=O) groups is 1. The second-order valence-corrected chi connectivity index (χ2v) is 13.4. The van der Waals surface area contributed by atoms with E-state index in [9.17, 15) is 14.3 Å². The molecule has 0 unspecified atom stereocenters. The van der Waals surface area contributed by atoms with E-state index in [4.69, 9.17) is 25.8 Å². The summed E-state index contributed by atoms with van der Waals surface area (Å²) in [7, 11) is 5.30. The minimum Gasteiger partial charge on any atom is -0.497 e. The number of halogens is 2. The van der Waals surface area contributed by atoms with Crippen molar-refractivity contribution >= 4 is 51.0 Å². The summed E-state index contributed by atoms with van der Waals surface area (Å²) < 4.78 is 35.1. The maximum Gasteiger partial charge on any atom is 0.355 e. The number of hydrogen-bond donors (Lipinski definition) is 1. The van der Waals surface area contributed by atoms with E-state index in [-0.39, 0.29) is 19.0 Å². The van der Waals surface area contributed by atoms with E-state index < -0.39 is 5.97 Å². The van der Waals surface area contributed by atoms with Crippen LogP contribution in [0.25, 0.3) is 32.8 Å². The number of rotatable bonds is 13. The summed E-state index contributed by atoms with van der Waals surface area (Å²) in [6, 6.07) is 20.4. The van der Waals surface area contributed by atoms with Crippen LogP contribution in [0.15, 0.2) is 71.6 Å². The van der Waals surface area contributed by atoms with Gasteiger partial charge < -0.3 is 23.9 Å². The lowest BCUT2D eigenvalue weighted by atomic mass is 9.98. The number of aromatic nitrogens is 3. The predicted octanol–water partition coefficient (Wildman–Crippen LogP) is 8.81. The molecule has 0 saturated carbocycles. The molecule has 4 aromatic carbocycles. The molecular weight excluding hydrogens is 677 g/mol. The first-order valence-corrected chi connectivity index (χ1v) is 17.7. The molecule has 0 bridgehead atoms. The van der Waals surface area contributed by atoms with Crippen LogP contribution in [0, 0.1) is 12.7 Å². The van der Waals surface area contributed by atoms with Crippen molar-refractivity contribution in [3.63, 3.8) is 0 Å². The van der Waals surface area contributed by atoms with Gasteiger partial charge in [-0.1, -0.05) is 29.8 Å². The van der Waals surface area contributed by atoms with Crippen molar-refractivity contribution in [3.05, 3.63) is 106 Å². The van der Waals surface area contributed by atoms with Crippen LogP contribution in [-0.4, -0.2) is 45.7 Å². The minimum absolute atomic E-state index is 0.230. The summed E-state index contributed by atoms with van der Waals surface area (Å²) in [6.07, 6.45) is 1.10. The fourth-order valence-corrected chi connectivity index (χ4v) is 7.64. The number of ether oxygens (including phenoxy) is 3. The monoisotopic (exact) mass is 715 g/mol. The fraction of sp³-hybridized carbons (Fsp3) is 0.282. The second-order valence-electron chi connectivity index (χ2n) is 12.0. The Kier molecular flexibility index (Phi) is 10.7. The van der Waals surface area contributed by atoms with Crippen LogP contribution in [0.3, 0.4) is 0 Å². The molecule has 6 rings (SSSR count). The van der Waals surface area contributed by atoms with Gasteiger partial charge in [0.15, 0.2) is 0 Å². The summed E-state index contributed by atoms with van der Waals surface area (Å²) in [5.74, 6) is 1.46. The standard InChI is InChI=1S/C39H39ClFN3O5S/c1-6-48-39(46)38-30(31-15-16-32(40)36(37(31)43(38)3)35-23(2)44(4)42-33(35)21-45)8-7-17-49-34-20-28(19-25-18-26(41)11-14-29(25)34)50-22-24-9-12-27(47-5)13-10-24/h9-16,18-20,45H,6-8,17,21-22H2,1-5H3. The van der Waals surface area contributed by atoms with Crippen molar-refractivity contribution < 1.29 is 28.5 Å². The van der Waals surface area contributed by atoms with Gasteiger partial charge >= 0.3 is 5.97 Å². The van der Waals surface area contributed by atoms with Gasteiger partial charge in [0.05, 0.1) is 43.2 Å². The Labute approximate surface area is 299 Å². The molecule has 11 heteroatoms. The lowest BCUT2D eigenvalue weighted by Gasteiger charge is -2.13. The minimum atomic E-state index is -0.427. The number of aryl methyl sites for hydroxylation is 3. The zero-order valence-electron chi connectivity index (χ0n) is 28.7. The predicted molar refractivity (Wildman–Crippen MR) is 197 cm³/mol. The zero-order valence-corrected chi connectivity index (χ0v) is 30.3. The average molecular weight is 716 g/mol. The van der Waals surface area contributed by atoms with Crippen LogP contribution < -0.4 is 9.47 Å². The quantitative estimate of drug-likeness (QED) is 0.0727. The smallest absolute Gasteiger partial charge is 0.355 e. The van der Waals surface area contributed by atoms with Gasteiger partial charge in [-0.2, -0.15) is 5.10 Å². The summed E-state index contributed by atoms with van der Waals surface area (Å²) in [5, 5.41) is 17.6. The molecule has 50 heavy (non-hydrogen) atoms. The average Bonchev–Trinajstić information content (AvgIpc) is 3.56. The Bertz CT molecular complexity index is 2200. The molecule has 0 radical (unpaired) electrons. The highest BCUT2D eigenvalue weighted by molar-refractivity contribution is 7.98. The molecule has 0 spiro atoms. The number of aliphatic hydroxyl groups excluding tert-OH is 1. The number of benzene rings is 4. The highest BCUT2D eigenvalue weighted by Gasteiger charge is 2.27. The normalized spacial score (nSPS) is 11.4. The highest BCUT2D eigenvalue weighted by atomic mass is 35.5. The molecular formula is C39H39ClFN3O5S. The van der Waals surface area contributed by atoms with Gasteiger partial charge in [-0.15, -0.1) is 11.8 Å². The molecule has 0 aliphatic heterocycles. The number of hydrogen-bond acceptors (Lipinski definition) is 7. The van der Waals surface area contributed by atoms with E-state index >= 15 is 0 Å². The molecule has 0 amide bonds. The molecule has 2 aromatic heterocycles. The maximum atomic E-state index is 14.3. The van der Waals surface area contributed by atoms with Crippen molar-refractivity contribution in [2.75, 3.05) is 20.3 Å². The van der Waals surface area contributed by atoms with Crippen LogP contribution in [0.1, 0.15) is 46.3 Å². The topological polar surface area (TPSA) is 87.7 Å². The van der Waals surface area contributed by atoms with Crippen molar-refractivity contribution in [2.24, 2.45) is 14.1 Å². The third-order valence-electron chi connectivity index (χ3n) is 8.93. The van der Waals surface area contributed by atoms with E-state index in [1.165, 1.54) is 12.1 Å². The Balaban J connectivity index is 1.30. The molecule has 0 saturated heterocycles. The van der Waals surface area contributed by atoms with Crippen LogP contribution in [-0.2, 0) is 37.6 Å². The maximum absolute atomic E-state index is 14.3. The summed E-state index contributed by atoms with van der Waals surface area (Å²) >= 11 is 8.51. The lowest BCUT2D eigenvalue weighted by Crippen LogP contribution is -2.13. The summed E-state index contributed by atoms with van der Waals surface area (Å²) in [5.41, 5.74) is 5.96. The zero-order chi connectivity index (χ0) is 35.5. The number of carbonyl (C=O) groups excluding carboxylic acids is 1. The first-order chi connectivity index (χ1) is 24.1. The molecule has 2 heterocycles. The molecule has 1 N–H and O–H groups in total. The van der Waals surface area contributed by atoms with Gasteiger partial charge in [0.25, 0.3) is 0 Å². The van der Waals surface area contributed by atoms with Gasteiger partial charge in [0, 0.05) is 52.3 Å². The number of methoxy groups -OCH3 is 1. The van der Waals surface area contributed by atoms with Crippen LogP contribution in [0.2, 0.25) is 5.02 Å². The highest BCUT2D eigenvalue weighted by Crippen LogP contribution is 2.42. The van der Waals surface area contributed by atoms with Crippen LogP contribution in [0.5, 0.6) is 11.5 Å². The van der Waals surface area contributed by atoms with E-state index in [0.717, 1.165) is 60.5 Å². The van der Waals surface area contributed by atoms with Gasteiger partial charge in [-0.05, 0) is 91.7 Å². The Morgan fingerprint density at radius 3 is 2.50 bits per heavy atom. The number of aliphatic hydroxyl groups is 1. The Hall–Kier alpha value is -4.51. The lowest BCUT2D eigenvalue weighted by molar-refractivity contribution is 0.0514. The molecule has 0 aliphatic carbocycles. The summed E-state index contributed by atoms with van der Waals surface area (Å²) in [6.45, 7) is 4.03. The SMILES string of the molecule is CCOC(=O)c1c(CCCOc2cc(SCc3ccc(OC)cc3)cc3cc(F)ccc23)c2ccc(Cl)c(-c3c(CO)nn(C)c3C)c2n1C. The third kappa shape index (κ3) is 6.92. The molecule has 260 valence electrons. The largest absolute Gasteiger partial charge is 0.497 e. The number of thioether (sulfide) groups is 1. The number of nitrogens with zero attached hydrogens (tertiary/aromatic N) is 3. The molecule has 0 atom stereocenters. The fourth-order valence-electron chi connectivity index (χ4n) is 6.46. The Morgan fingerprint density at radius 2 is 1.78 bits per heavy atom. The van der Waals surface area contributed by atoms with Crippen molar-refractivity contribution in [1.29, 1.82) is 0 Å². The van der Waals surface area contributed by atoms with Gasteiger partial charge in [-0.3, -0.25) is 4.68 Å². The van der Waals surface area contributed by atoms with E-state index in [1.54, 1.807) is 36.5 Å². The molecule has 6 aromatic rings. The van der Waals surface area contributed by atoms with Gasteiger partial charge in [0.1, 0.15) is 23.0 Å². The number of esters is 1.